The molecule has 0 spiro atoms. The van der Waals surface area contributed by atoms with E-state index in [2.05, 4.69) is 0 Å². The van der Waals surface area contributed by atoms with Gasteiger partial charge in [0.1, 0.15) is 16.5 Å². The Labute approximate surface area is 143 Å². The summed E-state index contributed by atoms with van der Waals surface area (Å²) in [6, 6.07) is 6.79. The second-order valence-electron chi connectivity index (χ2n) is 5.19. The van der Waals surface area contributed by atoms with Gasteiger partial charge >= 0.3 is 5.97 Å². The summed E-state index contributed by atoms with van der Waals surface area (Å²) in [6.07, 6.45) is 0.907. The average Bonchev–Trinajstić information content (AvgIpc) is 2.44. The minimum absolute atomic E-state index is 0.205. The van der Waals surface area contributed by atoms with E-state index in [1.165, 1.54) is 24.3 Å². The molecule has 0 aliphatic rings. The van der Waals surface area contributed by atoms with Crippen LogP contribution in [-0.2, 0) is 14.6 Å². The van der Waals surface area contributed by atoms with Gasteiger partial charge in [-0.15, -0.1) is 0 Å². The van der Waals surface area contributed by atoms with Crippen molar-refractivity contribution in [3.8, 4) is 16.9 Å². The summed E-state index contributed by atoms with van der Waals surface area (Å²) in [6.45, 7) is 1.03. The van der Waals surface area contributed by atoms with E-state index in [1.807, 2.05) is 0 Å². The van der Waals surface area contributed by atoms with Crippen LogP contribution in [0.2, 0.25) is 5.02 Å². The van der Waals surface area contributed by atoms with E-state index in [9.17, 15) is 17.6 Å². The van der Waals surface area contributed by atoms with Crippen molar-refractivity contribution in [2.75, 3.05) is 12.9 Å². The third kappa shape index (κ3) is 4.04. The van der Waals surface area contributed by atoms with Crippen LogP contribution in [0.3, 0.4) is 0 Å². The topological polar surface area (TPSA) is 80.7 Å². The molecule has 0 unspecified atom stereocenters. The zero-order valence-electron chi connectivity index (χ0n) is 12.8. The first-order chi connectivity index (χ1) is 11.1. The molecule has 5 nitrogen and oxygen atoms in total. The van der Waals surface area contributed by atoms with E-state index in [0.29, 0.717) is 21.7 Å². The van der Waals surface area contributed by atoms with Crippen molar-refractivity contribution in [3.05, 3.63) is 46.7 Å². The number of aryl methyl sites for hydroxylation is 1. The molecule has 0 fully saturated rings. The molecular weight excluding hydrogens is 359 g/mol. The number of aliphatic carboxylic acids is 1. The molecule has 0 atom stereocenters. The second kappa shape index (κ2) is 6.78. The van der Waals surface area contributed by atoms with Crippen molar-refractivity contribution < 1.29 is 27.4 Å². The molecule has 1 N–H and O–H groups in total. The van der Waals surface area contributed by atoms with Crippen molar-refractivity contribution in [2.45, 2.75) is 11.8 Å². The lowest BCUT2D eigenvalue weighted by Crippen LogP contribution is -2.10. The normalized spacial score (nSPS) is 11.3. The molecule has 0 saturated heterocycles. The maximum Gasteiger partial charge on any atom is 0.341 e. The highest BCUT2D eigenvalue weighted by Crippen LogP contribution is 2.36. The molecule has 0 amide bonds. The Bertz CT molecular complexity index is 909. The highest BCUT2D eigenvalue weighted by Gasteiger charge is 2.19. The largest absolute Gasteiger partial charge is 0.481 e. The number of sulfone groups is 1. The smallest absolute Gasteiger partial charge is 0.341 e. The molecule has 8 heteroatoms. The van der Waals surface area contributed by atoms with Gasteiger partial charge in [-0.25, -0.2) is 17.6 Å². The maximum atomic E-state index is 14.0. The highest BCUT2D eigenvalue weighted by molar-refractivity contribution is 7.90. The number of carboxylic acid groups (broad SMARTS) is 1. The van der Waals surface area contributed by atoms with Crippen LogP contribution in [0.1, 0.15) is 5.56 Å². The molecule has 0 saturated carbocycles. The fourth-order valence-electron chi connectivity index (χ4n) is 2.21. The Morgan fingerprint density at radius 1 is 1.25 bits per heavy atom. The number of carboxylic acids is 1. The van der Waals surface area contributed by atoms with Crippen LogP contribution in [0, 0.1) is 12.7 Å². The van der Waals surface area contributed by atoms with E-state index < -0.39 is 33.1 Å². The summed E-state index contributed by atoms with van der Waals surface area (Å²) >= 11 is 5.98. The number of halogens is 2. The molecule has 2 aromatic rings. The van der Waals surface area contributed by atoms with Gasteiger partial charge < -0.3 is 9.84 Å². The predicted molar refractivity (Wildman–Crippen MR) is 87.8 cm³/mol. The minimum Gasteiger partial charge on any atom is -0.481 e. The minimum atomic E-state index is -3.77. The lowest BCUT2D eigenvalue weighted by molar-refractivity contribution is -0.139. The van der Waals surface area contributed by atoms with Gasteiger partial charge in [-0.05, 0) is 48.4 Å². The van der Waals surface area contributed by atoms with Crippen molar-refractivity contribution >= 4 is 27.4 Å². The number of hydrogen-bond donors (Lipinski definition) is 1. The van der Waals surface area contributed by atoms with Gasteiger partial charge in [0.15, 0.2) is 16.4 Å². The van der Waals surface area contributed by atoms with Crippen LogP contribution in [-0.4, -0.2) is 32.4 Å². The Morgan fingerprint density at radius 3 is 2.50 bits per heavy atom. The third-order valence-electron chi connectivity index (χ3n) is 3.26. The maximum absolute atomic E-state index is 14.0. The van der Waals surface area contributed by atoms with Gasteiger partial charge in [-0.1, -0.05) is 11.6 Å². The van der Waals surface area contributed by atoms with Crippen LogP contribution >= 0.6 is 11.6 Å². The van der Waals surface area contributed by atoms with Gasteiger partial charge in [0.05, 0.1) is 0 Å². The lowest BCUT2D eigenvalue weighted by atomic mass is 9.99. The first-order valence-electron chi connectivity index (χ1n) is 6.74. The van der Waals surface area contributed by atoms with Crippen LogP contribution < -0.4 is 4.74 Å². The summed E-state index contributed by atoms with van der Waals surface area (Å²) in [5.74, 6) is -1.81. The first kappa shape index (κ1) is 18.2. The molecular formula is C16H14ClFO5S. The third-order valence-corrected chi connectivity index (χ3v) is 4.61. The van der Waals surface area contributed by atoms with Crippen molar-refractivity contribution in [3.63, 3.8) is 0 Å². The molecule has 0 radical (unpaired) electrons. The molecule has 24 heavy (non-hydrogen) atoms. The summed E-state index contributed by atoms with van der Waals surface area (Å²) in [5, 5.41) is 9.10. The molecule has 0 aliphatic heterocycles. The SMILES string of the molecule is Cc1cc(F)c(S(C)(=O)=O)cc1-c1cc(Cl)ccc1OCC(=O)O. The van der Waals surface area contributed by atoms with Crippen LogP contribution in [0.5, 0.6) is 5.75 Å². The van der Waals surface area contributed by atoms with Crippen molar-refractivity contribution in [2.24, 2.45) is 0 Å². The van der Waals surface area contributed by atoms with Crippen molar-refractivity contribution in [1.29, 1.82) is 0 Å². The summed E-state index contributed by atoms with van der Waals surface area (Å²) < 4.78 is 42.7. The molecule has 128 valence electrons. The molecule has 0 heterocycles. The van der Waals surface area contributed by atoms with Crippen molar-refractivity contribution in [1.82, 2.24) is 0 Å². The fraction of sp³-hybridized carbons (Fsp3) is 0.188. The summed E-state index contributed by atoms with van der Waals surface area (Å²) in [4.78, 5) is 10.3. The highest BCUT2D eigenvalue weighted by atomic mass is 35.5. The first-order valence-corrected chi connectivity index (χ1v) is 9.01. The number of benzene rings is 2. The molecule has 0 aromatic heterocycles. The Balaban J connectivity index is 2.67. The zero-order chi connectivity index (χ0) is 18.1. The fourth-order valence-corrected chi connectivity index (χ4v) is 3.12. The lowest BCUT2D eigenvalue weighted by Gasteiger charge is -2.14. The second-order valence-corrected chi connectivity index (χ2v) is 7.61. The van der Waals surface area contributed by atoms with Gasteiger partial charge in [0, 0.05) is 16.8 Å². The van der Waals surface area contributed by atoms with Gasteiger partial charge in [-0.2, -0.15) is 0 Å². The van der Waals surface area contributed by atoms with E-state index >= 15 is 0 Å². The van der Waals surface area contributed by atoms with Gasteiger partial charge in [0.25, 0.3) is 0 Å². The number of carbonyl (C=O) groups is 1. The van der Waals surface area contributed by atoms with E-state index in [0.717, 1.165) is 12.3 Å². The summed E-state index contributed by atoms with van der Waals surface area (Å²) in [7, 11) is -3.77. The zero-order valence-corrected chi connectivity index (χ0v) is 14.4. The van der Waals surface area contributed by atoms with Gasteiger partial charge in [-0.3, -0.25) is 0 Å². The Kier molecular flexibility index (Phi) is 5.15. The van der Waals surface area contributed by atoms with Crippen LogP contribution in [0.4, 0.5) is 4.39 Å². The Morgan fingerprint density at radius 2 is 1.92 bits per heavy atom. The predicted octanol–water partition coefficient (Wildman–Crippen LogP) is 3.32. The molecule has 2 rings (SSSR count). The van der Waals surface area contributed by atoms with Crippen LogP contribution in [0.15, 0.2) is 35.2 Å². The molecule has 0 bridgehead atoms. The number of ether oxygens (including phenoxy) is 1. The summed E-state index contributed by atoms with van der Waals surface area (Å²) in [5.41, 5.74) is 1.23. The monoisotopic (exact) mass is 372 g/mol. The van der Waals surface area contributed by atoms with Gasteiger partial charge in [0.2, 0.25) is 0 Å². The van der Waals surface area contributed by atoms with E-state index in [-0.39, 0.29) is 5.75 Å². The molecule has 2 aromatic carbocycles. The quantitative estimate of drug-likeness (QED) is 0.870. The standard InChI is InChI=1S/C16H14ClFO5S/c1-9-5-13(18)15(24(2,21)22)7-11(9)12-6-10(17)3-4-14(12)23-8-16(19)20/h3-7H,8H2,1-2H3,(H,19,20). The van der Waals surface area contributed by atoms with Crippen LogP contribution in [0.25, 0.3) is 11.1 Å². The van der Waals surface area contributed by atoms with E-state index in [1.54, 1.807) is 6.92 Å². The van der Waals surface area contributed by atoms with E-state index in [4.69, 9.17) is 21.4 Å². The Hall–Kier alpha value is -2.12. The number of hydrogen-bond acceptors (Lipinski definition) is 4. The molecule has 0 aliphatic carbocycles. The average molecular weight is 373 g/mol. The number of rotatable bonds is 5.